The van der Waals surface area contributed by atoms with Crippen molar-refractivity contribution in [1.29, 1.82) is 0 Å². The summed E-state index contributed by atoms with van der Waals surface area (Å²) in [6.45, 7) is 0.543. The van der Waals surface area contributed by atoms with E-state index in [1.807, 2.05) is 12.3 Å². The van der Waals surface area contributed by atoms with Crippen LogP contribution in [0.5, 0.6) is 0 Å². The molecule has 5 N–H and O–H groups in total. The van der Waals surface area contributed by atoms with Crippen LogP contribution >= 0.6 is 0 Å². The predicted octanol–water partition coefficient (Wildman–Crippen LogP) is 2.20. The standard InChI is InChI=1S/C18H20FN7/c19-13-1-3-15(4-2-13)26-10-11(9-23-26)8-22-17-7-16(24-18(21)25-17)12-5-14(20)6-12/h1-4,7,9-10,12,14H,5-6,8,20H2,(H3,21,22,24,25). The van der Waals surface area contributed by atoms with Crippen molar-refractivity contribution in [3.8, 4) is 5.69 Å². The molecule has 4 rings (SSSR count). The molecular weight excluding hydrogens is 333 g/mol. The highest BCUT2D eigenvalue weighted by molar-refractivity contribution is 5.42. The summed E-state index contributed by atoms with van der Waals surface area (Å²) in [6.07, 6.45) is 5.50. The number of benzene rings is 1. The lowest BCUT2D eigenvalue weighted by Gasteiger charge is -2.32. The van der Waals surface area contributed by atoms with Crippen LogP contribution in [0.4, 0.5) is 16.2 Å². The van der Waals surface area contributed by atoms with E-state index < -0.39 is 0 Å². The van der Waals surface area contributed by atoms with Gasteiger partial charge in [-0.15, -0.1) is 0 Å². The van der Waals surface area contributed by atoms with Gasteiger partial charge in [-0.05, 0) is 37.1 Å². The summed E-state index contributed by atoms with van der Waals surface area (Å²) in [5, 5.41) is 7.56. The minimum absolute atomic E-state index is 0.255. The first kappa shape index (κ1) is 16.5. The van der Waals surface area contributed by atoms with E-state index in [1.165, 1.54) is 12.1 Å². The number of halogens is 1. The summed E-state index contributed by atoms with van der Waals surface area (Å²) in [6, 6.07) is 8.36. The maximum Gasteiger partial charge on any atom is 0.222 e. The minimum Gasteiger partial charge on any atom is -0.368 e. The smallest absolute Gasteiger partial charge is 0.222 e. The first-order valence-corrected chi connectivity index (χ1v) is 8.50. The molecule has 0 atom stereocenters. The largest absolute Gasteiger partial charge is 0.368 e. The molecule has 0 unspecified atom stereocenters. The van der Waals surface area contributed by atoms with Crippen LogP contribution in [0.2, 0.25) is 0 Å². The number of nitrogens with two attached hydrogens (primary N) is 2. The van der Waals surface area contributed by atoms with Crippen LogP contribution in [0, 0.1) is 5.82 Å². The molecule has 26 heavy (non-hydrogen) atoms. The lowest BCUT2D eigenvalue weighted by atomic mass is 9.78. The van der Waals surface area contributed by atoms with E-state index in [1.54, 1.807) is 23.0 Å². The van der Waals surface area contributed by atoms with Crippen molar-refractivity contribution in [1.82, 2.24) is 19.7 Å². The first-order valence-electron chi connectivity index (χ1n) is 8.50. The molecule has 0 radical (unpaired) electrons. The second kappa shape index (κ2) is 6.72. The van der Waals surface area contributed by atoms with Gasteiger partial charge in [0.25, 0.3) is 0 Å². The molecular formula is C18H20FN7. The number of aromatic nitrogens is 4. The third kappa shape index (κ3) is 3.50. The summed E-state index contributed by atoms with van der Waals surface area (Å²) in [5.74, 6) is 1.03. The number of nitrogens with zero attached hydrogens (tertiary/aromatic N) is 4. The van der Waals surface area contributed by atoms with Gasteiger partial charge in [-0.2, -0.15) is 10.1 Å². The monoisotopic (exact) mass is 353 g/mol. The Bertz CT molecular complexity index is 900. The van der Waals surface area contributed by atoms with E-state index in [-0.39, 0.29) is 17.8 Å². The summed E-state index contributed by atoms with van der Waals surface area (Å²) in [5.41, 5.74) is 14.4. The topological polar surface area (TPSA) is 108 Å². The Morgan fingerprint density at radius 2 is 1.96 bits per heavy atom. The average molecular weight is 353 g/mol. The fourth-order valence-corrected chi connectivity index (χ4v) is 3.07. The number of rotatable bonds is 5. The van der Waals surface area contributed by atoms with E-state index >= 15 is 0 Å². The molecule has 8 heteroatoms. The number of nitrogens with one attached hydrogen (secondary N) is 1. The molecule has 0 amide bonds. The van der Waals surface area contributed by atoms with E-state index in [0.717, 1.165) is 29.8 Å². The van der Waals surface area contributed by atoms with Gasteiger partial charge in [0.2, 0.25) is 5.95 Å². The van der Waals surface area contributed by atoms with Crippen LogP contribution in [0.1, 0.15) is 30.0 Å². The molecule has 0 spiro atoms. The Morgan fingerprint density at radius 1 is 1.19 bits per heavy atom. The Kier molecular flexibility index (Phi) is 4.26. The maximum absolute atomic E-state index is 13.0. The zero-order valence-electron chi connectivity index (χ0n) is 14.1. The SMILES string of the molecule is Nc1nc(NCc2cnn(-c3ccc(F)cc3)c2)cc(C2CC(N)C2)n1. The van der Waals surface area contributed by atoms with Gasteiger partial charge in [0, 0.05) is 36.3 Å². The lowest BCUT2D eigenvalue weighted by molar-refractivity contribution is 0.345. The third-order valence-electron chi connectivity index (χ3n) is 4.56. The van der Waals surface area contributed by atoms with E-state index in [9.17, 15) is 4.39 Å². The van der Waals surface area contributed by atoms with Crippen molar-refractivity contribution in [2.24, 2.45) is 5.73 Å². The van der Waals surface area contributed by atoms with Crippen LogP contribution in [0.15, 0.2) is 42.7 Å². The second-order valence-electron chi connectivity index (χ2n) is 6.59. The Morgan fingerprint density at radius 3 is 2.69 bits per heavy atom. The predicted molar refractivity (Wildman–Crippen MR) is 97.2 cm³/mol. The first-order chi connectivity index (χ1) is 12.6. The van der Waals surface area contributed by atoms with Gasteiger partial charge in [-0.25, -0.2) is 14.1 Å². The summed E-state index contributed by atoms with van der Waals surface area (Å²) in [4.78, 5) is 8.56. The zero-order chi connectivity index (χ0) is 18.1. The molecule has 2 heterocycles. The molecule has 0 saturated heterocycles. The minimum atomic E-state index is -0.271. The molecule has 1 saturated carbocycles. The number of hydrogen-bond donors (Lipinski definition) is 3. The van der Waals surface area contributed by atoms with Crippen LogP contribution < -0.4 is 16.8 Å². The van der Waals surface area contributed by atoms with Gasteiger partial charge >= 0.3 is 0 Å². The highest BCUT2D eigenvalue weighted by Gasteiger charge is 2.29. The molecule has 1 aliphatic rings. The molecule has 3 aromatic rings. The van der Waals surface area contributed by atoms with E-state index in [4.69, 9.17) is 11.5 Å². The Balaban J connectivity index is 1.43. The molecule has 0 bridgehead atoms. The molecule has 7 nitrogen and oxygen atoms in total. The normalized spacial score (nSPS) is 19.2. The van der Waals surface area contributed by atoms with Gasteiger partial charge in [0.1, 0.15) is 11.6 Å². The van der Waals surface area contributed by atoms with Gasteiger partial charge in [0.15, 0.2) is 0 Å². The fourth-order valence-electron chi connectivity index (χ4n) is 3.07. The van der Waals surface area contributed by atoms with E-state index in [0.29, 0.717) is 18.3 Å². The van der Waals surface area contributed by atoms with Gasteiger partial charge < -0.3 is 16.8 Å². The summed E-state index contributed by atoms with van der Waals surface area (Å²) in [7, 11) is 0. The third-order valence-corrected chi connectivity index (χ3v) is 4.56. The number of anilines is 2. The van der Waals surface area contributed by atoms with Crippen molar-refractivity contribution in [3.05, 3.63) is 59.8 Å². The quantitative estimate of drug-likeness (QED) is 0.649. The van der Waals surface area contributed by atoms with Crippen LogP contribution in [0.3, 0.4) is 0 Å². The second-order valence-corrected chi connectivity index (χ2v) is 6.59. The van der Waals surface area contributed by atoms with Gasteiger partial charge in [-0.3, -0.25) is 0 Å². The maximum atomic E-state index is 13.0. The fraction of sp³-hybridized carbons (Fsp3) is 0.278. The molecule has 1 fully saturated rings. The summed E-state index contributed by atoms with van der Waals surface area (Å²) < 4.78 is 14.7. The zero-order valence-corrected chi connectivity index (χ0v) is 14.1. The van der Waals surface area contributed by atoms with Crippen molar-refractivity contribution >= 4 is 11.8 Å². The van der Waals surface area contributed by atoms with Crippen molar-refractivity contribution < 1.29 is 4.39 Å². The summed E-state index contributed by atoms with van der Waals surface area (Å²) >= 11 is 0. The Hall–Kier alpha value is -3.00. The molecule has 0 aliphatic heterocycles. The molecule has 2 aromatic heterocycles. The van der Waals surface area contributed by atoms with Crippen molar-refractivity contribution in [2.75, 3.05) is 11.1 Å². The van der Waals surface area contributed by atoms with Crippen LogP contribution in [0.25, 0.3) is 5.69 Å². The van der Waals surface area contributed by atoms with Crippen LogP contribution in [-0.4, -0.2) is 25.8 Å². The van der Waals surface area contributed by atoms with Crippen LogP contribution in [-0.2, 0) is 6.54 Å². The highest BCUT2D eigenvalue weighted by Crippen LogP contribution is 2.35. The lowest BCUT2D eigenvalue weighted by Crippen LogP contribution is -2.35. The van der Waals surface area contributed by atoms with E-state index in [2.05, 4.69) is 20.4 Å². The number of hydrogen-bond acceptors (Lipinski definition) is 6. The highest BCUT2D eigenvalue weighted by atomic mass is 19.1. The molecule has 1 aromatic carbocycles. The molecule has 134 valence electrons. The number of nitrogen functional groups attached to an aromatic ring is 1. The molecule has 1 aliphatic carbocycles. The van der Waals surface area contributed by atoms with Gasteiger partial charge in [0.05, 0.1) is 17.6 Å². The van der Waals surface area contributed by atoms with Crippen molar-refractivity contribution in [3.63, 3.8) is 0 Å². The average Bonchev–Trinajstić information content (AvgIpc) is 3.06. The van der Waals surface area contributed by atoms with Crippen molar-refractivity contribution in [2.45, 2.75) is 31.3 Å². The van der Waals surface area contributed by atoms with Gasteiger partial charge in [-0.1, -0.05) is 0 Å². The Labute approximate surface area is 150 Å².